The number of ether oxygens (including phenoxy) is 4. The third kappa shape index (κ3) is 5.47. The minimum absolute atomic E-state index is 0.00635. The Hall–Kier alpha value is -4.63. The van der Waals surface area contributed by atoms with Crippen molar-refractivity contribution in [2.24, 2.45) is 0 Å². The summed E-state index contributed by atoms with van der Waals surface area (Å²) in [5.74, 6) is 2.16. The van der Waals surface area contributed by atoms with Crippen LogP contribution < -0.4 is 18.9 Å². The molecule has 0 saturated heterocycles. The maximum atomic E-state index is 13.9. The van der Waals surface area contributed by atoms with E-state index in [-0.39, 0.29) is 11.7 Å². The molecular formula is C32H32ClN3O6. The van der Waals surface area contributed by atoms with Crippen molar-refractivity contribution in [3.05, 3.63) is 94.7 Å². The molecule has 0 saturated carbocycles. The summed E-state index contributed by atoms with van der Waals surface area (Å²) in [4.78, 5) is 15.7. The fourth-order valence-electron chi connectivity index (χ4n) is 5.19. The van der Waals surface area contributed by atoms with Gasteiger partial charge in [-0.15, -0.1) is 0 Å². The largest absolute Gasteiger partial charge is 0.507 e. The predicted octanol–water partition coefficient (Wildman–Crippen LogP) is 6.20. The summed E-state index contributed by atoms with van der Waals surface area (Å²) < 4.78 is 22.6. The van der Waals surface area contributed by atoms with Crippen molar-refractivity contribution < 1.29 is 28.8 Å². The molecular weight excluding hydrogens is 558 g/mol. The van der Waals surface area contributed by atoms with Crippen LogP contribution in [0.3, 0.4) is 0 Å². The molecule has 1 unspecified atom stereocenters. The van der Waals surface area contributed by atoms with Gasteiger partial charge in [-0.05, 0) is 66.9 Å². The Morgan fingerprint density at radius 2 is 1.81 bits per heavy atom. The number of carbonyl (C=O) groups is 1. The second-order valence-corrected chi connectivity index (χ2v) is 10.0. The lowest BCUT2D eigenvalue weighted by molar-refractivity contribution is 0.0745. The zero-order valence-corrected chi connectivity index (χ0v) is 24.4. The quantitative estimate of drug-likeness (QED) is 0.189. The first-order valence-electron chi connectivity index (χ1n) is 13.5. The van der Waals surface area contributed by atoms with E-state index in [1.54, 1.807) is 37.3 Å². The Morgan fingerprint density at radius 3 is 2.55 bits per heavy atom. The number of rotatable bonds is 12. The van der Waals surface area contributed by atoms with Gasteiger partial charge in [-0.3, -0.25) is 9.89 Å². The van der Waals surface area contributed by atoms with Crippen molar-refractivity contribution >= 4 is 17.5 Å². The van der Waals surface area contributed by atoms with Crippen LogP contribution >= 0.6 is 11.6 Å². The Morgan fingerprint density at radius 1 is 1.02 bits per heavy atom. The number of halogens is 1. The average Bonchev–Trinajstić information content (AvgIpc) is 3.54. The summed E-state index contributed by atoms with van der Waals surface area (Å²) in [6, 6.07) is 15.5. The number of fused-ring (bicyclic) bond motifs is 1. The van der Waals surface area contributed by atoms with E-state index >= 15 is 0 Å². The number of aromatic nitrogens is 2. The molecule has 0 spiro atoms. The van der Waals surface area contributed by atoms with Crippen LogP contribution in [-0.4, -0.2) is 60.1 Å². The standard InChI is InChI=1S/C32H32ClN3O6/c1-5-15-42-25-12-8-20(17-27(25)41-6-2)31-28-29(22-18-21(33)9-10-23(22)37)34-35-30(28)32(38)36(31)14-13-19-7-11-24(39-3)26(16-19)40-4/h5,7-12,16-18,31,37H,1,6,13-15H2,2-4H3,(H,34,35). The number of phenols is 1. The van der Waals surface area contributed by atoms with Gasteiger partial charge in [-0.2, -0.15) is 5.10 Å². The highest BCUT2D eigenvalue weighted by atomic mass is 35.5. The summed E-state index contributed by atoms with van der Waals surface area (Å²) >= 11 is 6.29. The topological polar surface area (TPSA) is 106 Å². The molecule has 1 aromatic heterocycles. The number of phenolic OH excluding ortho intramolecular Hbond substituents is 1. The summed E-state index contributed by atoms with van der Waals surface area (Å²) in [6.45, 7) is 6.76. The maximum absolute atomic E-state index is 13.9. The van der Waals surface area contributed by atoms with Crippen LogP contribution in [-0.2, 0) is 6.42 Å². The van der Waals surface area contributed by atoms with Crippen molar-refractivity contribution in [3.63, 3.8) is 0 Å². The molecule has 0 aliphatic carbocycles. The van der Waals surface area contributed by atoms with Gasteiger partial charge in [-0.1, -0.05) is 36.4 Å². The van der Waals surface area contributed by atoms with E-state index in [1.807, 2.05) is 43.3 Å². The van der Waals surface area contributed by atoms with Crippen LogP contribution in [0.1, 0.15) is 40.1 Å². The molecule has 1 aliphatic heterocycles. The van der Waals surface area contributed by atoms with Crippen LogP contribution in [0.15, 0.2) is 67.3 Å². The third-order valence-corrected chi connectivity index (χ3v) is 7.34. The molecule has 0 radical (unpaired) electrons. The van der Waals surface area contributed by atoms with Crippen LogP contribution in [0.25, 0.3) is 11.3 Å². The molecule has 9 nitrogen and oxygen atoms in total. The summed E-state index contributed by atoms with van der Waals surface area (Å²) in [5.41, 5.74) is 3.65. The number of amides is 1. The number of hydrogen-bond donors (Lipinski definition) is 2. The van der Waals surface area contributed by atoms with E-state index in [9.17, 15) is 9.90 Å². The molecule has 2 heterocycles. The van der Waals surface area contributed by atoms with Crippen LogP contribution in [0.4, 0.5) is 0 Å². The highest BCUT2D eigenvalue weighted by Gasteiger charge is 2.42. The fourth-order valence-corrected chi connectivity index (χ4v) is 5.37. The Labute approximate surface area is 249 Å². The smallest absolute Gasteiger partial charge is 0.273 e. The zero-order valence-electron chi connectivity index (χ0n) is 23.6. The molecule has 0 fully saturated rings. The maximum Gasteiger partial charge on any atom is 0.273 e. The third-order valence-electron chi connectivity index (χ3n) is 7.11. The minimum Gasteiger partial charge on any atom is -0.507 e. The molecule has 1 amide bonds. The number of methoxy groups -OCH3 is 2. The molecule has 10 heteroatoms. The Bertz CT molecular complexity index is 1620. The molecule has 0 bridgehead atoms. The van der Waals surface area contributed by atoms with Gasteiger partial charge >= 0.3 is 0 Å². The van der Waals surface area contributed by atoms with Crippen molar-refractivity contribution in [1.82, 2.24) is 15.1 Å². The van der Waals surface area contributed by atoms with Gasteiger partial charge in [0.25, 0.3) is 5.91 Å². The van der Waals surface area contributed by atoms with E-state index in [4.69, 9.17) is 30.5 Å². The molecule has 218 valence electrons. The number of nitrogens with one attached hydrogen (secondary N) is 1. The first-order valence-corrected chi connectivity index (χ1v) is 13.9. The molecule has 1 atom stereocenters. The average molecular weight is 590 g/mol. The molecule has 4 aromatic rings. The van der Waals surface area contributed by atoms with Gasteiger partial charge in [0.05, 0.1) is 26.9 Å². The monoisotopic (exact) mass is 589 g/mol. The van der Waals surface area contributed by atoms with E-state index in [0.717, 1.165) is 11.1 Å². The van der Waals surface area contributed by atoms with Crippen molar-refractivity contribution in [2.75, 3.05) is 34.0 Å². The number of H-pyrrole nitrogens is 1. The summed E-state index contributed by atoms with van der Waals surface area (Å²) in [6.07, 6.45) is 2.22. The molecule has 3 aromatic carbocycles. The van der Waals surface area contributed by atoms with Gasteiger partial charge in [0.2, 0.25) is 0 Å². The van der Waals surface area contributed by atoms with Crippen LogP contribution in [0.2, 0.25) is 5.02 Å². The van der Waals surface area contributed by atoms with E-state index in [1.165, 1.54) is 6.07 Å². The van der Waals surface area contributed by atoms with Gasteiger partial charge in [0.1, 0.15) is 23.7 Å². The first kappa shape index (κ1) is 28.9. The number of nitrogens with zero attached hydrogens (tertiary/aromatic N) is 2. The van der Waals surface area contributed by atoms with E-state index < -0.39 is 6.04 Å². The van der Waals surface area contributed by atoms with Gasteiger partial charge in [-0.25, -0.2) is 0 Å². The number of hydrogen-bond acceptors (Lipinski definition) is 7. The van der Waals surface area contributed by atoms with Gasteiger partial charge < -0.3 is 29.0 Å². The zero-order chi connectivity index (χ0) is 29.8. The predicted molar refractivity (Wildman–Crippen MR) is 160 cm³/mol. The molecule has 5 rings (SSSR count). The number of benzene rings is 3. The molecule has 1 aliphatic rings. The highest BCUT2D eigenvalue weighted by Crippen LogP contribution is 2.46. The SMILES string of the molecule is C=CCOc1ccc(C2c3c(-c4cc(Cl)ccc4O)n[nH]c3C(=O)N2CCc2ccc(OC)c(OC)c2)cc1OCC. The number of aromatic amines is 1. The summed E-state index contributed by atoms with van der Waals surface area (Å²) in [7, 11) is 3.18. The lowest BCUT2D eigenvalue weighted by Gasteiger charge is -2.27. The van der Waals surface area contributed by atoms with Gasteiger partial charge in [0, 0.05) is 22.7 Å². The second-order valence-electron chi connectivity index (χ2n) is 9.60. The lowest BCUT2D eigenvalue weighted by Crippen LogP contribution is -2.31. The Kier molecular flexibility index (Phi) is 8.59. The Balaban J connectivity index is 1.59. The van der Waals surface area contributed by atoms with Crippen molar-refractivity contribution in [1.29, 1.82) is 0 Å². The highest BCUT2D eigenvalue weighted by molar-refractivity contribution is 6.31. The lowest BCUT2D eigenvalue weighted by atomic mass is 9.95. The van der Waals surface area contributed by atoms with Crippen LogP contribution in [0, 0.1) is 0 Å². The van der Waals surface area contributed by atoms with Crippen molar-refractivity contribution in [2.45, 2.75) is 19.4 Å². The van der Waals surface area contributed by atoms with E-state index in [0.29, 0.717) is 76.7 Å². The normalized spacial score (nSPS) is 14.0. The van der Waals surface area contributed by atoms with Gasteiger partial charge in [0.15, 0.2) is 23.0 Å². The number of carbonyl (C=O) groups excluding carboxylic acids is 1. The second kappa shape index (κ2) is 12.5. The molecule has 42 heavy (non-hydrogen) atoms. The summed E-state index contributed by atoms with van der Waals surface area (Å²) in [5, 5.41) is 18.5. The number of aromatic hydroxyl groups is 1. The van der Waals surface area contributed by atoms with Crippen LogP contribution in [0.5, 0.6) is 28.7 Å². The fraction of sp³-hybridized carbons (Fsp3) is 0.250. The molecule has 2 N–H and O–H groups in total. The minimum atomic E-state index is -0.535. The first-order chi connectivity index (χ1) is 20.4. The van der Waals surface area contributed by atoms with Crippen molar-refractivity contribution in [3.8, 4) is 40.0 Å². The van der Waals surface area contributed by atoms with E-state index in [2.05, 4.69) is 16.8 Å².